The number of hydrogen-bond acceptors (Lipinski definition) is 3. The van der Waals surface area contributed by atoms with Crippen LogP contribution in [0.1, 0.15) is 75.2 Å². The van der Waals surface area contributed by atoms with Crippen LogP contribution in [0.15, 0.2) is 36.9 Å². The summed E-state index contributed by atoms with van der Waals surface area (Å²) in [7, 11) is 0. The van der Waals surface area contributed by atoms with Crippen molar-refractivity contribution in [2.75, 3.05) is 13.2 Å². The van der Waals surface area contributed by atoms with Crippen LogP contribution in [0.25, 0.3) is 0 Å². The van der Waals surface area contributed by atoms with Crippen LogP contribution in [0.4, 0.5) is 0 Å². The van der Waals surface area contributed by atoms with Crippen molar-refractivity contribution < 1.29 is 9.47 Å². The van der Waals surface area contributed by atoms with Crippen molar-refractivity contribution >= 4 is 0 Å². The lowest BCUT2D eigenvalue weighted by Gasteiger charge is -2.29. The highest BCUT2D eigenvalue weighted by atomic mass is 16.7. The number of allylic oxidation sites excluding steroid dienone is 1. The highest BCUT2D eigenvalue weighted by Gasteiger charge is 2.23. The molecule has 1 aromatic carbocycles. The van der Waals surface area contributed by atoms with Gasteiger partial charge in [-0.05, 0) is 31.4 Å². The maximum Gasteiger partial charge on any atom is 0.183 e. The second-order valence-electron chi connectivity index (χ2n) is 6.94. The van der Waals surface area contributed by atoms with Crippen molar-refractivity contribution in [1.82, 2.24) is 0 Å². The van der Waals surface area contributed by atoms with E-state index in [9.17, 15) is 0 Å². The lowest BCUT2D eigenvalue weighted by Crippen LogP contribution is -2.27. The average molecular weight is 341 g/mol. The first-order valence-electron chi connectivity index (χ1n) is 9.67. The Balaban J connectivity index is 1.52. The van der Waals surface area contributed by atoms with Gasteiger partial charge in [-0.15, -0.1) is 6.58 Å². The van der Waals surface area contributed by atoms with Gasteiger partial charge in [-0.25, -0.2) is 0 Å². The third-order valence-corrected chi connectivity index (χ3v) is 4.80. The Morgan fingerprint density at radius 1 is 0.960 bits per heavy atom. The highest BCUT2D eigenvalue weighted by Crippen LogP contribution is 2.27. The molecule has 1 saturated heterocycles. The van der Waals surface area contributed by atoms with Gasteiger partial charge < -0.3 is 9.47 Å². The first-order chi connectivity index (χ1) is 12.3. The first kappa shape index (κ1) is 19.7. The van der Waals surface area contributed by atoms with E-state index in [1.165, 1.54) is 51.4 Å². The van der Waals surface area contributed by atoms with Crippen LogP contribution >= 0.6 is 0 Å². The molecule has 0 radical (unpaired) electrons. The van der Waals surface area contributed by atoms with E-state index in [0.717, 1.165) is 25.2 Å². The van der Waals surface area contributed by atoms with E-state index in [4.69, 9.17) is 14.7 Å². The molecule has 0 spiro atoms. The summed E-state index contributed by atoms with van der Waals surface area (Å²) >= 11 is 0. The molecule has 2 rings (SSSR count). The number of unbranched alkanes of at least 4 members (excludes halogenated alkanes) is 7. The van der Waals surface area contributed by atoms with Crippen molar-refractivity contribution in [2.24, 2.45) is 5.92 Å². The summed E-state index contributed by atoms with van der Waals surface area (Å²) in [5, 5.41) is 8.84. The maximum atomic E-state index is 8.84. The summed E-state index contributed by atoms with van der Waals surface area (Å²) < 4.78 is 11.7. The summed E-state index contributed by atoms with van der Waals surface area (Å²) in [6.45, 7) is 5.30. The van der Waals surface area contributed by atoms with E-state index in [-0.39, 0.29) is 6.29 Å². The molecular weight excluding hydrogens is 310 g/mol. The molecule has 0 amide bonds. The normalized spacial score (nSPS) is 20.1. The number of nitrogens with zero attached hydrogens (tertiary/aromatic N) is 1. The molecule has 1 aliphatic rings. The minimum Gasteiger partial charge on any atom is -0.348 e. The van der Waals surface area contributed by atoms with Gasteiger partial charge in [0.25, 0.3) is 0 Å². The smallest absolute Gasteiger partial charge is 0.183 e. The summed E-state index contributed by atoms with van der Waals surface area (Å²) in [4.78, 5) is 0. The second kappa shape index (κ2) is 11.8. The molecule has 0 bridgehead atoms. The predicted octanol–water partition coefficient (Wildman–Crippen LogP) is 5.92. The third-order valence-electron chi connectivity index (χ3n) is 4.80. The molecule has 0 atom stereocenters. The minimum atomic E-state index is -0.278. The zero-order chi connectivity index (χ0) is 17.7. The van der Waals surface area contributed by atoms with Crippen LogP contribution in [-0.4, -0.2) is 13.2 Å². The molecule has 136 valence electrons. The van der Waals surface area contributed by atoms with E-state index >= 15 is 0 Å². The van der Waals surface area contributed by atoms with Crippen LogP contribution in [0.2, 0.25) is 0 Å². The van der Waals surface area contributed by atoms with Gasteiger partial charge in [0, 0.05) is 11.5 Å². The van der Waals surface area contributed by atoms with Crippen molar-refractivity contribution in [3.05, 3.63) is 48.0 Å². The number of ether oxygens (including phenoxy) is 2. The zero-order valence-electron chi connectivity index (χ0n) is 15.3. The van der Waals surface area contributed by atoms with Crippen molar-refractivity contribution in [3.8, 4) is 6.07 Å². The fourth-order valence-corrected chi connectivity index (χ4v) is 3.22. The molecule has 1 aromatic rings. The number of benzene rings is 1. The molecule has 1 aliphatic heterocycles. The largest absolute Gasteiger partial charge is 0.348 e. The van der Waals surface area contributed by atoms with Crippen LogP contribution in [0.3, 0.4) is 0 Å². The Bertz CT molecular complexity index is 524. The van der Waals surface area contributed by atoms with Crippen LogP contribution in [0.5, 0.6) is 0 Å². The molecule has 0 N–H and O–H groups in total. The molecule has 1 heterocycles. The molecule has 3 heteroatoms. The molecule has 3 nitrogen and oxygen atoms in total. The molecule has 0 unspecified atom stereocenters. The Kier molecular flexibility index (Phi) is 9.33. The lowest BCUT2D eigenvalue weighted by molar-refractivity contribution is -0.206. The maximum absolute atomic E-state index is 8.84. The fraction of sp³-hybridized carbons (Fsp3) is 0.591. The van der Waals surface area contributed by atoms with Gasteiger partial charge in [0.2, 0.25) is 0 Å². The van der Waals surface area contributed by atoms with E-state index in [0.29, 0.717) is 11.5 Å². The first-order valence-corrected chi connectivity index (χ1v) is 9.67. The minimum absolute atomic E-state index is 0.278. The molecule has 0 saturated carbocycles. The Morgan fingerprint density at radius 3 is 2.16 bits per heavy atom. The van der Waals surface area contributed by atoms with Gasteiger partial charge in [0.15, 0.2) is 6.29 Å². The van der Waals surface area contributed by atoms with Gasteiger partial charge in [-0.3, -0.25) is 0 Å². The van der Waals surface area contributed by atoms with Crippen molar-refractivity contribution in [1.29, 1.82) is 5.26 Å². The van der Waals surface area contributed by atoms with Gasteiger partial charge in [-0.1, -0.05) is 56.7 Å². The fourth-order valence-electron chi connectivity index (χ4n) is 3.22. The van der Waals surface area contributed by atoms with Gasteiger partial charge in [0.05, 0.1) is 24.8 Å². The predicted molar refractivity (Wildman–Crippen MR) is 101 cm³/mol. The molecular formula is C22H31NO2. The Hall–Kier alpha value is -1.63. The average Bonchev–Trinajstić information content (AvgIpc) is 2.67. The van der Waals surface area contributed by atoms with E-state index in [1.54, 1.807) is 0 Å². The van der Waals surface area contributed by atoms with Crippen molar-refractivity contribution in [3.63, 3.8) is 0 Å². The summed E-state index contributed by atoms with van der Waals surface area (Å²) in [5.74, 6) is 0.516. The van der Waals surface area contributed by atoms with E-state index < -0.39 is 0 Å². The highest BCUT2D eigenvalue weighted by molar-refractivity contribution is 5.32. The van der Waals surface area contributed by atoms with Gasteiger partial charge in [0.1, 0.15) is 0 Å². The van der Waals surface area contributed by atoms with Gasteiger partial charge in [-0.2, -0.15) is 5.26 Å². The van der Waals surface area contributed by atoms with E-state index in [1.807, 2.05) is 30.3 Å². The monoisotopic (exact) mass is 341 g/mol. The Morgan fingerprint density at radius 2 is 1.56 bits per heavy atom. The van der Waals surface area contributed by atoms with Crippen LogP contribution < -0.4 is 0 Å². The third kappa shape index (κ3) is 7.42. The quantitative estimate of drug-likeness (QED) is 0.371. The molecule has 1 fully saturated rings. The van der Waals surface area contributed by atoms with E-state index in [2.05, 4.69) is 12.6 Å². The Labute approximate surface area is 152 Å². The zero-order valence-corrected chi connectivity index (χ0v) is 15.3. The number of rotatable bonds is 11. The topological polar surface area (TPSA) is 42.2 Å². The van der Waals surface area contributed by atoms with Crippen molar-refractivity contribution in [2.45, 2.75) is 64.1 Å². The van der Waals surface area contributed by atoms with Crippen LogP contribution in [0, 0.1) is 17.2 Å². The summed E-state index contributed by atoms with van der Waals surface area (Å²) in [6, 6.07) is 9.58. The number of hydrogen-bond donors (Lipinski definition) is 0. The molecule has 25 heavy (non-hydrogen) atoms. The summed E-state index contributed by atoms with van der Waals surface area (Å²) in [6.07, 6.45) is 13.4. The second-order valence-corrected chi connectivity index (χ2v) is 6.94. The summed E-state index contributed by atoms with van der Waals surface area (Å²) in [5.41, 5.74) is 1.66. The SMILES string of the molecule is C=CCCCCCCCCCC1COC(c2ccc(C#N)cc2)OC1. The molecule has 0 aliphatic carbocycles. The van der Waals surface area contributed by atoms with Crippen LogP contribution in [-0.2, 0) is 9.47 Å². The standard InChI is InChI=1S/C22H31NO2/c1-2-3-4-5-6-7-8-9-10-11-20-17-24-22(25-18-20)21-14-12-19(16-23)13-15-21/h2,12-15,20,22H,1,3-11,17-18H2. The molecule has 0 aromatic heterocycles. The lowest BCUT2D eigenvalue weighted by atomic mass is 10.0. The number of nitriles is 1. The van der Waals surface area contributed by atoms with Gasteiger partial charge >= 0.3 is 0 Å².